The van der Waals surface area contributed by atoms with Crippen LogP contribution < -0.4 is 10.6 Å². The molecule has 0 radical (unpaired) electrons. The molecule has 0 aliphatic carbocycles. The van der Waals surface area contributed by atoms with Crippen LogP contribution in [0.15, 0.2) is 24.3 Å². The average molecular weight is 232 g/mol. The quantitative estimate of drug-likeness (QED) is 0.619. The Labute approximate surface area is 100 Å². The Bertz CT molecular complexity index is 431. The van der Waals surface area contributed by atoms with Crippen LogP contribution in [0.4, 0.5) is 5.69 Å². The van der Waals surface area contributed by atoms with Crippen LogP contribution >= 0.6 is 0 Å². The van der Waals surface area contributed by atoms with Gasteiger partial charge in [0.1, 0.15) is 6.29 Å². The first-order valence-electron chi connectivity index (χ1n) is 5.82. The molecule has 1 unspecified atom stereocenters. The number of amides is 1. The number of carbonyl (C=O) groups is 2. The molecule has 0 fully saturated rings. The molecule has 0 aromatic heterocycles. The van der Waals surface area contributed by atoms with Crippen LogP contribution in [-0.4, -0.2) is 24.8 Å². The van der Waals surface area contributed by atoms with Crippen molar-refractivity contribution in [2.45, 2.75) is 25.3 Å². The van der Waals surface area contributed by atoms with E-state index in [0.717, 1.165) is 17.5 Å². The zero-order chi connectivity index (χ0) is 12.3. The van der Waals surface area contributed by atoms with E-state index in [0.29, 0.717) is 25.8 Å². The Balaban J connectivity index is 2.22. The molecule has 90 valence electrons. The number of carbonyl (C=O) groups excluding carboxylic acids is 2. The van der Waals surface area contributed by atoms with Gasteiger partial charge in [-0.1, -0.05) is 18.2 Å². The van der Waals surface area contributed by atoms with Gasteiger partial charge < -0.3 is 15.4 Å². The number of para-hydroxylation sites is 1. The standard InChI is InChI=1S/C13H16N2O2/c14-11-9-10-5-1-2-6-12(10)15(13(11)17)7-3-4-8-16/h1-2,5-6,8,11H,3-4,7,9,14H2. The molecule has 1 amide bonds. The highest BCUT2D eigenvalue weighted by molar-refractivity contribution is 6.00. The van der Waals surface area contributed by atoms with Gasteiger partial charge in [0.2, 0.25) is 5.91 Å². The van der Waals surface area contributed by atoms with Gasteiger partial charge in [-0.25, -0.2) is 0 Å². The van der Waals surface area contributed by atoms with Crippen LogP contribution in [0, 0.1) is 0 Å². The zero-order valence-corrected chi connectivity index (χ0v) is 9.63. The van der Waals surface area contributed by atoms with Crippen molar-refractivity contribution in [3.8, 4) is 0 Å². The van der Waals surface area contributed by atoms with E-state index in [1.807, 2.05) is 24.3 Å². The van der Waals surface area contributed by atoms with Gasteiger partial charge in [0.25, 0.3) is 0 Å². The smallest absolute Gasteiger partial charge is 0.244 e. The van der Waals surface area contributed by atoms with Crippen LogP contribution in [0.3, 0.4) is 0 Å². The van der Waals surface area contributed by atoms with Gasteiger partial charge in [-0.2, -0.15) is 0 Å². The van der Waals surface area contributed by atoms with E-state index in [2.05, 4.69) is 0 Å². The van der Waals surface area contributed by atoms with E-state index in [1.54, 1.807) is 4.90 Å². The highest BCUT2D eigenvalue weighted by Gasteiger charge is 2.29. The molecule has 2 rings (SSSR count). The first-order chi connectivity index (χ1) is 8.24. The Morgan fingerprint density at radius 2 is 2.18 bits per heavy atom. The molecular weight excluding hydrogens is 216 g/mol. The summed E-state index contributed by atoms with van der Waals surface area (Å²) in [6, 6.07) is 7.33. The summed E-state index contributed by atoms with van der Waals surface area (Å²) in [5, 5.41) is 0. The van der Waals surface area contributed by atoms with E-state index >= 15 is 0 Å². The van der Waals surface area contributed by atoms with Gasteiger partial charge in [-0.15, -0.1) is 0 Å². The Kier molecular flexibility index (Phi) is 3.54. The minimum Gasteiger partial charge on any atom is -0.320 e. The second-order valence-corrected chi connectivity index (χ2v) is 4.24. The first kappa shape index (κ1) is 11.8. The van der Waals surface area contributed by atoms with E-state index in [-0.39, 0.29) is 5.91 Å². The number of hydrogen-bond acceptors (Lipinski definition) is 3. The predicted octanol–water partition coefficient (Wildman–Crippen LogP) is 0.882. The summed E-state index contributed by atoms with van der Waals surface area (Å²) in [5.41, 5.74) is 7.86. The lowest BCUT2D eigenvalue weighted by Gasteiger charge is -2.32. The molecule has 1 aromatic carbocycles. The molecular formula is C13H16N2O2. The van der Waals surface area contributed by atoms with E-state index in [1.165, 1.54) is 0 Å². The molecule has 1 aliphatic heterocycles. The molecule has 1 aliphatic rings. The third-order valence-corrected chi connectivity index (χ3v) is 3.01. The number of anilines is 1. The molecule has 0 spiro atoms. The monoisotopic (exact) mass is 232 g/mol. The van der Waals surface area contributed by atoms with Crippen molar-refractivity contribution in [1.29, 1.82) is 0 Å². The second-order valence-electron chi connectivity index (χ2n) is 4.24. The van der Waals surface area contributed by atoms with Crippen molar-refractivity contribution >= 4 is 17.9 Å². The zero-order valence-electron chi connectivity index (χ0n) is 9.63. The topological polar surface area (TPSA) is 63.4 Å². The molecule has 17 heavy (non-hydrogen) atoms. The van der Waals surface area contributed by atoms with Crippen LogP contribution in [-0.2, 0) is 16.0 Å². The van der Waals surface area contributed by atoms with Gasteiger partial charge in [0.15, 0.2) is 0 Å². The summed E-state index contributed by atoms with van der Waals surface area (Å²) >= 11 is 0. The first-order valence-corrected chi connectivity index (χ1v) is 5.82. The van der Waals surface area contributed by atoms with Gasteiger partial charge >= 0.3 is 0 Å². The van der Waals surface area contributed by atoms with E-state index in [9.17, 15) is 9.59 Å². The highest BCUT2D eigenvalue weighted by Crippen LogP contribution is 2.27. The van der Waals surface area contributed by atoms with Crippen LogP contribution in [0.25, 0.3) is 0 Å². The lowest BCUT2D eigenvalue weighted by Crippen LogP contribution is -2.49. The van der Waals surface area contributed by atoms with Crippen LogP contribution in [0.1, 0.15) is 18.4 Å². The second kappa shape index (κ2) is 5.10. The largest absolute Gasteiger partial charge is 0.320 e. The van der Waals surface area contributed by atoms with Gasteiger partial charge in [0, 0.05) is 18.7 Å². The molecule has 0 saturated heterocycles. The number of fused-ring (bicyclic) bond motifs is 1. The minimum absolute atomic E-state index is 0.0467. The Morgan fingerprint density at radius 3 is 2.94 bits per heavy atom. The maximum absolute atomic E-state index is 12.0. The number of rotatable bonds is 4. The van der Waals surface area contributed by atoms with Gasteiger partial charge in [-0.05, 0) is 24.5 Å². The molecule has 2 N–H and O–H groups in total. The number of nitrogens with two attached hydrogens (primary N) is 1. The van der Waals surface area contributed by atoms with Crippen molar-refractivity contribution in [3.05, 3.63) is 29.8 Å². The number of aldehydes is 1. The summed E-state index contributed by atoms with van der Waals surface area (Å²) in [4.78, 5) is 24.0. The third kappa shape index (κ3) is 2.36. The molecule has 4 heteroatoms. The summed E-state index contributed by atoms with van der Waals surface area (Å²) in [5.74, 6) is -0.0467. The summed E-state index contributed by atoms with van der Waals surface area (Å²) in [6.07, 6.45) is 2.62. The number of unbranched alkanes of at least 4 members (excludes halogenated alkanes) is 1. The molecule has 1 heterocycles. The fourth-order valence-electron chi connectivity index (χ4n) is 2.15. The average Bonchev–Trinajstić information content (AvgIpc) is 2.34. The van der Waals surface area contributed by atoms with Gasteiger partial charge in [0.05, 0.1) is 6.04 Å². The van der Waals surface area contributed by atoms with Crippen molar-refractivity contribution in [1.82, 2.24) is 0 Å². The summed E-state index contributed by atoms with van der Waals surface area (Å²) in [6.45, 7) is 0.558. The molecule has 0 bridgehead atoms. The maximum atomic E-state index is 12.0. The number of hydrogen-bond donors (Lipinski definition) is 1. The predicted molar refractivity (Wildman–Crippen MR) is 65.8 cm³/mol. The molecule has 4 nitrogen and oxygen atoms in total. The normalized spacial score (nSPS) is 19.0. The lowest BCUT2D eigenvalue weighted by atomic mass is 9.97. The third-order valence-electron chi connectivity index (χ3n) is 3.01. The summed E-state index contributed by atoms with van der Waals surface area (Å²) in [7, 11) is 0. The van der Waals surface area contributed by atoms with E-state index < -0.39 is 6.04 Å². The number of nitrogens with zero attached hydrogens (tertiary/aromatic N) is 1. The van der Waals surface area contributed by atoms with Gasteiger partial charge in [-0.3, -0.25) is 4.79 Å². The maximum Gasteiger partial charge on any atom is 0.244 e. The van der Waals surface area contributed by atoms with Crippen molar-refractivity contribution in [2.24, 2.45) is 5.73 Å². The van der Waals surface area contributed by atoms with Crippen molar-refractivity contribution < 1.29 is 9.59 Å². The lowest BCUT2D eigenvalue weighted by molar-refractivity contribution is -0.120. The Hall–Kier alpha value is -1.68. The van der Waals surface area contributed by atoms with Crippen molar-refractivity contribution in [3.63, 3.8) is 0 Å². The fourth-order valence-corrected chi connectivity index (χ4v) is 2.15. The van der Waals surface area contributed by atoms with Crippen molar-refractivity contribution in [2.75, 3.05) is 11.4 Å². The Morgan fingerprint density at radius 1 is 1.41 bits per heavy atom. The summed E-state index contributed by atoms with van der Waals surface area (Å²) < 4.78 is 0. The molecule has 0 saturated carbocycles. The molecule has 1 atom stereocenters. The van der Waals surface area contributed by atoms with Crippen LogP contribution in [0.2, 0.25) is 0 Å². The SMILES string of the molecule is NC1Cc2ccccc2N(CCCC=O)C1=O. The minimum atomic E-state index is -0.457. The highest BCUT2D eigenvalue weighted by atomic mass is 16.2. The van der Waals surface area contributed by atoms with Crippen LogP contribution in [0.5, 0.6) is 0 Å². The molecule has 1 aromatic rings. The number of benzene rings is 1. The fraction of sp³-hybridized carbons (Fsp3) is 0.385. The van der Waals surface area contributed by atoms with E-state index in [4.69, 9.17) is 5.73 Å².